The Bertz CT molecular complexity index is 233. The molecule has 0 spiro atoms. The lowest BCUT2D eigenvalue weighted by atomic mass is 10.1. The maximum absolute atomic E-state index is 6.02. The first-order valence-corrected chi connectivity index (χ1v) is 6.82. The molecule has 0 saturated carbocycles. The molecule has 2 aliphatic rings. The Morgan fingerprint density at radius 2 is 2.06 bits per heavy atom. The summed E-state index contributed by atoms with van der Waals surface area (Å²) in [4.78, 5) is 2.42. The maximum Gasteiger partial charge on any atom is 0.0834 e. The number of piperidine rings is 1. The summed E-state index contributed by atoms with van der Waals surface area (Å²) < 4.78 is 12.4. The molecule has 3 nitrogen and oxygen atoms in total. The summed E-state index contributed by atoms with van der Waals surface area (Å²) in [5.41, 5.74) is 0. The van der Waals surface area contributed by atoms with Crippen molar-refractivity contribution in [2.45, 2.75) is 31.5 Å². The number of likely N-dealkylation sites (tertiary alicyclic amines) is 1. The number of ether oxygens (including phenoxy) is 2. The van der Waals surface area contributed by atoms with Crippen LogP contribution in [0.15, 0.2) is 11.1 Å². The van der Waals surface area contributed by atoms with E-state index in [4.69, 9.17) is 9.47 Å². The molecule has 0 aromatic carbocycles. The summed E-state index contributed by atoms with van der Waals surface area (Å²) >= 11 is 3.41. The molecule has 0 aliphatic carbocycles. The van der Waals surface area contributed by atoms with Crippen molar-refractivity contribution in [2.24, 2.45) is 0 Å². The Balaban J connectivity index is 1.66. The zero-order valence-electron chi connectivity index (χ0n) is 9.66. The van der Waals surface area contributed by atoms with E-state index in [1.54, 1.807) is 0 Å². The minimum absolute atomic E-state index is 0.350. The minimum atomic E-state index is 0.350. The van der Waals surface area contributed by atoms with Crippen molar-refractivity contribution >= 4 is 15.9 Å². The lowest BCUT2D eigenvalue weighted by Gasteiger charge is -2.32. The van der Waals surface area contributed by atoms with Gasteiger partial charge in [0.25, 0.3) is 0 Å². The molecular weight excluding hydrogens is 270 g/mol. The van der Waals surface area contributed by atoms with E-state index in [0.717, 1.165) is 56.6 Å². The zero-order valence-corrected chi connectivity index (χ0v) is 11.2. The van der Waals surface area contributed by atoms with Crippen LogP contribution in [0.2, 0.25) is 0 Å². The summed E-state index contributed by atoms with van der Waals surface area (Å²) in [6.07, 6.45) is 4.13. The third kappa shape index (κ3) is 3.84. The largest absolute Gasteiger partial charge is 0.379 e. The lowest BCUT2D eigenvalue weighted by molar-refractivity contribution is -0.0426. The van der Waals surface area contributed by atoms with Gasteiger partial charge in [-0.3, -0.25) is 4.90 Å². The Hall–Kier alpha value is 0.1000. The van der Waals surface area contributed by atoms with E-state index in [1.807, 2.05) is 0 Å². The Labute approximate surface area is 106 Å². The Morgan fingerprint density at radius 3 is 2.62 bits per heavy atom. The van der Waals surface area contributed by atoms with E-state index in [9.17, 15) is 0 Å². The van der Waals surface area contributed by atoms with Crippen molar-refractivity contribution in [1.82, 2.24) is 4.90 Å². The topological polar surface area (TPSA) is 21.7 Å². The van der Waals surface area contributed by atoms with E-state index in [-0.39, 0.29) is 0 Å². The van der Waals surface area contributed by atoms with Gasteiger partial charge in [0.15, 0.2) is 0 Å². The van der Waals surface area contributed by atoms with Crippen LogP contribution < -0.4 is 0 Å². The number of hydrogen-bond acceptors (Lipinski definition) is 3. The predicted octanol–water partition coefficient (Wildman–Crippen LogP) is 2.16. The molecule has 4 heteroatoms. The predicted molar refractivity (Wildman–Crippen MR) is 67.8 cm³/mol. The van der Waals surface area contributed by atoms with E-state index in [2.05, 4.69) is 27.4 Å². The molecule has 2 fully saturated rings. The number of hydrogen-bond donors (Lipinski definition) is 0. The van der Waals surface area contributed by atoms with Gasteiger partial charge in [-0.2, -0.15) is 0 Å². The van der Waals surface area contributed by atoms with Gasteiger partial charge >= 0.3 is 0 Å². The van der Waals surface area contributed by atoms with Crippen LogP contribution in [-0.4, -0.2) is 50.0 Å². The zero-order chi connectivity index (χ0) is 11.4. The normalized spacial score (nSPS) is 28.4. The average molecular weight is 290 g/mol. The van der Waals surface area contributed by atoms with Gasteiger partial charge in [-0.25, -0.2) is 0 Å². The smallest absolute Gasteiger partial charge is 0.0834 e. The monoisotopic (exact) mass is 289 g/mol. The van der Waals surface area contributed by atoms with Gasteiger partial charge in [0.05, 0.1) is 18.8 Å². The molecule has 0 unspecified atom stereocenters. The van der Waals surface area contributed by atoms with Crippen LogP contribution in [0.25, 0.3) is 0 Å². The quantitative estimate of drug-likeness (QED) is 0.792. The van der Waals surface area contributed by atoms with Crippen molar-refractivity contribution in [2.75, 3.05) is 32.8 Å². The number of halogens is 1. The average Bonchev–Trinajstić information content (AvgIpc) is 2.73. The maximum atomic E-state index is 6.02. The van der Waals surface area contributed by atoms with Crippen LogP contribution in [0.3, 0.4) is 0 Å². The van der Waals surface area contributed by atoms with Crippen LogP contribution in [0.1, 0.15) is 19.3 Å². The summed E-state index contributed by atoms with van der Waals surface area (Å²) in [7, 11) is 0. The molecule has 92 valence electrons. The fraction of sp³-hybridized carbons (Fsp3) is 0.833. The molecule has 1 atom stereocenters. The van der Waals surface area contributed by atoms with Crippen LogP contribution >= 0.6 is 15.9 Å². The third-order valence-corrected chi connectivity index (χ3v) is 3.45. The summed E-state index contributed by atoms with van der Waals surface area (Å²) in [6, 6.07) is 0. The van der Waals surface area contributed by atoms with E-state index < -0.39 is 0 Å². The Kier molecular flexibility index (Phi) is 4.82. The summed E-state index contributed by atoms with van der Waals surface area (Å²) in [6.45, 7) is 8.72. The molecule has 0 N–H and O–H groups in total. The van der Waals surface area contributed by atoms with Gasteiger partial charge in [0.1, 0.15) is 0 Å². The summed E-state index contributed by atoms with van der Waals surface area (Å²) in [5, 5.41) is 0. The number of nitrogens with zero attached hydrogens (tertiary/aromatic N) is 1. The third-order valence-electron chi connectivity index (χ3n) is 3.20. The van der Waals surface area contributed by atoms with E-state index >= 15 is 0 Å². The fourth-order valence-electron chi connectivity index (χ4n) is 2.34. The standard InChI is InChI=1S/C12H20BrNO2/c1-10(13)8-14-5-2-11(3-6-14)16-12-4-7-15-9-12/h11-12H,1-9H2/t12-/m0/s1. The first kappa shape index (κ1) is 12.6. The van der Waals surface area contributed by atoms with Crippen molar-refractivity contribution in [1.29, 1.82) is 0 Å². The van der Waals surface area contributed by atoms with Gasteiger partial charge in [0, 0.05) is 30.7 Å². The fourth-order valence-corrected chi connectivity index (χ4v) is 2.69. The highest BCUT2D eigenvalue weighted by Gasteiger charge is 2.24. The van der Waals surface area contributed by atoms with Gasteiger partial charge in [-0.1, -0.05) is 22.5 Å². The molecule has 0 aromatic rings. The highest BCUT2D eigenvalue weighted by atomic mass is 79.9. The minimum Gasteiger partial charge on any atom is -0.379 e. The van der Waals surface area contributed by atoms with E-state index in [1.165, 1.54) is 0 Å². The molecule has 0 bridgehead atoms. The van der Waals surface area contributed by atoms with Crippen LogP contribution in [0.4, 0.5) is 0 Å². The second-order valence-corrected chi connectivity index (χ2v) is 5.74. The molecule has 2 rings (SSSR count). The van der Waals surface area contributed by atoms with Crippen molar-refractivity contribution < 1.29 is 9.47 Å². The van der Waals surface area contributed by atoms with Gasteiger partial charge in [0.2, 0.25) is 0 Å². The highest BCUT2D eigenvalue weighted by Crippen LogP contribution is 2.20. The Morgan fingerprint density at radius 1 is 1.31 bits per heavy atom. The molecule has 2 aliphatic heterocycles. The highest BCUT2D eigenvalue weighted by molar-refractivity contribution is 9.11. The first-order chi connectivity index (χ1) is 7.74. The molecule has 2 saturated heterocycles. The number of rotatable bonds is 4. The SMILES string of the molecule is C=C(Br)CN1CCC(O[C@H]2CCOC2)CC1. The van der Waals surface area contributed by atoms with Crippen molar-refractivity contribution in [3.05, 3.63) is 11.1 Å². The van der Waals surface area contributed by atoms with Crippen LogP contribution in [-0.2, 0) is 9.47 Å². The van der Waals surface area contributed by atoms with Gasteiger partial charge in [-0.15, -0.1) is 0 Å². The molecule has 0 amide bonds. The van der Waals surface area contributed by atoms with Gasteiger partial charge in [-0.05, 0) is 19.3 Å². The van der Waals surface area contributed by atoms with Crippen molar-refractivity contribution in [3.63, 3.8) is 0 Å². The molecular formula is C12H20BrNO2. The van der Waals surface area contributed by atoms with Crippen molar-refractivity contribution in [3.8, 4) is 0 Å². The molecule has 0 radical (unpaired) electrons. The van der Waals surface area contributed by atoms with Crippen LogP contribution in [0, 0.1) is 0 Å². The summed E-state index contributed by atoms with van der Waals surface area (Å²) in [5.74, 6) is 0. The lowest BCUT2D eigenvalue weighted by Crippen LogP contribution is -2.39. The second kappa shape index (κ2) is 6.15. The molecule has 0 aromatic heterocycles. The van der Waals surface area contributed by atoms with Crippen LogP contribution in [0.5, 0.6) is 0 Å². The second-order valence-electron chi connectivity index (χ2n) is 4.61. The first-order valence-electron chi connectivity index (χ1n) is 6.03. The molecule has 16 heavy (non-hydrogen) atoms. The molecule has 2 heterocycles. The van der Waals surface area contributed by atoms with E-state index in [0.29, 0.717) is 12.2 Å². The van der Waals surface area contributed by atoms with Gasteiger partial charge < -0.3 is 9.47 Å².